The Bertz CT molecular complexity index is 1460. The lowest BCUT2D eigenvalue weighted by molar-refractivity contribution is -0.127. The summed E-state index contributed by atoms with van der Waals surface area (Å²) < 4.78 is 37.6. The standard InChI is InChI=1S/C27H22F2N4O6/c1-38-23-13-16(6-11-22(23)39-15-25(35)30-18-9-7-17(28)8-10-18)12-21-26(36)33(27(37)32-21)14-24(34)31-20-5-3-2-4-19(20)29/h2-13H,14-15H2,1H3,(H,30,35)(H,31,34)(H,32,37)/b21-12+. The lowest BCUT2D eigenvalue weighted by Gasteiger charge is -2.12. The number of benzene rings is 3. The highest BCUT2D eigenvalue weighted by Gasteiger charge is 2.35. The Balaban J connectivity index is 1.38. The van der Waals surface area contributed by atoms with Crippen molar-refractivity contribution in [2.24, 2.45) is 0 Å². The number of urea groups is 1. The van der Waals surface area contributed by atoms with E-state index in [0.717, 1.165) is 6.07 Å². The first kappa shape index (κ1) is 26.8. The van der Waals surface area contributed by atoms with Gasteiger partial charge in [0.25, 0.3) is 11.8 Å². The van der Waals surface area contributed by atoms with Crippen LogP contribution in [0.1, 0.15) is 5.56 Å². The Kier molecular flexibility index (Phi) is 8.15. The van der Waals surface area contributed by atoms with Crippen LogP contribution in [0.15, 0.2) is 72.4 Å². The van der Waals surface area contributed by atoms with Gasteiger partial charge in [0.15, 0.2) is 18.1 Å². The summed E-state index contributed by atoms with van der Waals surface area (Å²) in [4.78, 5) is 50.2. The van der Waals surface area contributed by atoms with Gasteiger partial charge in [-0.15, -0.1) is 0 Å². The van der Waals surface area contributed by atoms with E-state index in [2.05, 4.69) is 16.0 Å². The molecule has 200 valence electrons. The molecule has 0 bridgehead atoms. The van der Waals surface area contributed by atoms with E-state index in [0.29, 0.717) is 16.2 Å². The summed E-state index contributed by atoms with van der Waals surface area (Å²) in [7, 11) is 1.39. The fourth-order valence-electron chi connectivity index (χ4n) is 3.54. The van der Waals surface area contributed by atoms with E-state index in [-0.39, 0.29) is 29.5 Å². The van der Waals surface area contributed by atoms with Gasteiger partial charge in [0.05, 0.1) is 12.8 Å². The number of para-hydroxylation sites is 1. The van der Waals surface area contributed by atoms with E-state index >= 15 is 0 Å². The summed E-state index contributed by atoms with van der Waals surface area (Å²) in [6.45, 7) is -0.973. The molecule has 10 nitrogen and oxygen atoms in total. The number of hydrogen-bond acceptors (Lipinski definition) is 6. The highest BCUT2D eigenvalue weighted by atomic mass is 19.1. The number of hydrogen-bond donors (Lipinski definition) is 3. The van der Waals surface area contributed by atoms with Gasteiger partial charge in [-0.1, -0.05) is 18.2 Å². The first-order valence-corrected chi connectivity index (χ1v) is 11.5. The van der Waals surface area contributed by atoms with E-state index in [4.69, 9.17) is 9.47 Å². The highest BCUT2D eigenvalue weighted by Crippen LogP contribution is 2.29. The summed E-state index contributed by atoms with van der Waals surface area (Å²) in [5, 5.41) is 7.28. The number of nitrogens with one attached hydrogen (secondary N) is 3. The van der Waals surface area contributed by atoms with E-state index in [1.54, 1.807) is 6.07 Å². The molecule has 1 saturated heterocycles. The monoisotopic (exact) mass is 536 g/mol. The number of imide groups is 1. The van der Waals surface area contributed by atoms with Crippen molar-refractivity contribution in [3.63, 3.8) is 0 Å². The SMILES string of the molecule is COc1cc(/C=C2/NC(=O)N(CC(=O)Nc3ccccc3F)C2=O)ccc1OCC(=O)Nc1ccc(F)cc1. The molecule has 0 radical (unpaired) electrons. The molecule has 0 spiro atoms. The number of amides is 5. The van der Waals surface area contributed by atoms with E-state index in [1.165, 1.54) is 67.8 Å². The van der Waals surface area contributed by atoms with Crippen LogP contribution in [-0.4, -0.2) is 48.9 Å². The molecule has 4 rings (SSSR count). The van der Waals surface area contributed by atoms with Gasteiger partial charge in [-0.25, -0.2) is 18.5 Å². The number of rotatable bonds is 9. The smallest absolute Gasteiger partial charge is 0.329 e. The van der Waals surface area contributed by atoms with Gasteiger partial charge in [0.2, 0.25) is 5.91 Å². The summed E-state index contributed by atoms with van der Waals surface area (Å²) in [6, 6.07) is 14.5. The van der Waals surface area contributed by atoms with E-state index in [9.17, 15) is 28.0 Å². The van der Waals surface area contributed by atoms with Gasteiger partial charge in [-0.3, -0.25) is 14.4 Å². The van der Waals surface area contributed by atoms with Crippen LogP contribution in [0.3, 0.4) is 0 Å². The second kappa shape index (κ2) is 11.9. The Hall–Kier alpha value is -5.26. The minimum Gasteiger partial charge on any atom is -0.493 e. The van der Waals surface area contributed by atoms with Gasteiger partial charge in [0, 0.05) is 5.69 Å². The maximum atomic E-state index is 13.8. The second-order valence-electron chi connectivity index (χ2n) is 8.16. The number of carbonyl (C=O) groups excluding carboxylic acids is 4. The molecule has 3 aromatic carbocycles. The molecule has 1 aliphatic heterocycles. The number of ether oxygens (including phenoxy) is 2. The largest absolute Gasteiger partial charge is 0.493 e. The predicted octanol–water partition coefficient (Wildman–Crippen LogP) is 3.52. The van der Waals surface area contributed by atoms with Crippen LogP contribution in [0.5, 0.6) is 11.5 Å². The Morgan fingerprint density at radius 2 is 1.69 bits per heavy atom. The molecular weight excluding hydrogens is 514 g/mol. The van der Waals surface area contributed by atoms with Crippen LogP contribution in [0.4, 0.5) is 25.0 Å². The maximum absolute atomic E-state index is 13.8. The third-order valence-corrected chi connectivity index (χ3v) is 5.40. The molecule has 12 heteroatoms. The van der Waals surface area contributed by atoms with Crippen LogP contribution in [0, 0.1) is 11.6 Å². The lowest BCUT2D eigenvalue weighted by Crippen LogP contribution is -2.38. The van der Waals surface area contributed by atoms with Gasteiger partial charge in [-0.05, 0) is 60.2 Å². The minimum absolute atomic E-state index is 0.0762. The quantitative estimate of drug-likeness (QED) is 0.284. The van der Waals surface area contributed by atoms with Gasteiger partial charge in [-0.2, -0.15) is 0 Å². The summed E-state index contributed by atoms with van der Waals surface area (Å²) in [5.41, 5.74) is 0.693. The molecule has 0 saturated carbocycles. The molecule has 1 aliphatic rings. The third kappa shape index (κ3) is 6.74. The van der Waals surface area contributed by atoms with Gasteiger partial charge >= 0.3 is 6.03 Å². The topological polar surface area (TPSA) is 126 Å². The minimum atomic E-state index is -0.811. The van der Waals surface area contributed by atoms with Crippen LogP contribution in [0.25, 0.3) is 6.08 Å². The maximum Gasteiger partial charge on any atom is 0.329 e. The molecule has 0 aliphatic carbocycles. The number of carbonyl (C=O) groups is 4. The number of methoxy groups -OCH3 is 1. The lowest BCUT2D eigenvalue weighted by atomic mass is 10.1. The normalized spacial score (nSPS) is 13.7. The zero-order chi connectivity index (χ0) is 27.9. The van der Waals surface area contributed by atoms with E-state index in [1.807, 2.05) is 0 Å². The molecule has 39 heavy (non-hydrogen) atoms. The van der Waals surface area contributed by atoms with Crippen molar-refractivity contribution in [3.05, 3.63) is 89.6 Å². The molecular formula is C27H22F2N4O6. The van der Waals surface area contributed by atoms with Crippen LogP contribution < -0.4 is 25.4 Å². The zero-order valence-corrected chi connectivity index (χ0v) is 20.5. The van der Waals surface area contributed by atoms with Crippen LogP contribution >= 0.6 is 0 Å². The van der Waals surface area contributed by atoms with Crippen LogP contribution in [-0.2, 0) is 14.4 Å². The summed E-state index contributed by atoms with van der Waals surface area (Å²) >= 11 is 0. The predicted molar refractivity (Wildman–Crippen MR) is 137 cm³/mol. The molecule has 1 fully saturated rings. The first-order chi connectivity index (χ1) is 18.7. The average Bonchev–Trinajstić information content (AvgIpc) is 3.17. The fraction of sp³-hybridized carbons (Fsp3) is 0.111. The summed E-state index contributed by atoms with van der Waals surface area (Å²) in [6.07, 6.45) is 1.38. The molecule has 5 amide bonds. The number of anilines is 2. The van der Waals surface area contributed by atoms with Crippen molar-refractivity contribution in [1.29, 1.82) is 0 Å². The third-order valence-electron chi connectivity index (χ3n) is 5.40. The molecule has 0 unspecified atom stereocenters. The average molecular weight is 536 g/mol. The first-order valence-electron chi connectivity index (χ1n) is 11.5. The van der Waals surface area contributed by atoms with E-state index < -0.39 is 41.9 Å². The highest BCUT2D eigenvalue weighted by molar-refractivity contribution is 6.16. The van der Waals surface area contributed by atoms with Crippen molar-refractivity contribution in [3.8, 4) is 11.5 Å². The van der Waals surface area contributed by atoms with Crippen molar-refractivity contribution in [2.45, 2.75) is 0 Å². The fourth-order valence-corrected chi connectivity index (χ4v) is 3.54. The molecule has 0 aromatic heterocycles. The number of halogens is 2. The second-order valence-corrected chi connectivity index (χ2v) is 8.16. The molecule has 0 atom stereocenters. The molecule has 1 heterocycles. The molecule has 3 aromatic rings. The Morgan fingerprint density at radius 3 is 2.41 bits per heavy atom. The van der Waals surface area contributed by atoms with Crippen molar-refractivity contribution in [2.75, 3.05) is 30.9 Å². The Morgan fingerprint density at radius 1 is 0.949 bits per heavy atom. The molecule has 3 N–H and O–H groups in total. The van der Waals surface area contributed by atoms with Crippen molar-refractivity contribution < 1.29 is 37.4 Å². The van der Waals surface area contributed by atoms with Gasteiger partial charge < -0.3 is 25.4 Å². The Labute approximate surface area is 221 Å². The van der Waals surface area contributed by atoms with Crippen LogP contribution in [0.2, 0.25) is 0 Å². The van der Waals surface area contributed by atoms with Crippen molar-refractivity contribution >= 4 is 41.2 Å². The van der Waals surface area contributed by atoms with Gasteiger partial charge in [0.1, 0.15) is 23.9 Å². The summed E-state index contributed by atoms with van der Waals surface area (Å²) in [5.74, 6) is -2.58. The zero-order valence-electron chi connectivity index (χ0n) is 20.5. The number of nitrogens with zero attached hydrogens (tertiary/aromatic N) is 1. The van der Waals surface area contributed by atoms with Crippen molar-refractivity contribution in [1.82, 2.24) is 10.2 Å².